The normalized spacial score (nSPS) is 8.42. The van der Waals surface area contributed by atoms with Crippen LogP contribution < -0.4 is 10.2 Å². The molecule has 2 aromatic rings. The van der Waals surface area contributed by atoms with Crippen molar-refractivity contribution >= 4 is 20.4 Å². The van der Waals surface area contributed by atoms with Gasteiger partial charge in [0.05, 0.1) is 23.3 Å². The quantitative estimate of drug-likeness (QED) is 0.605. The van der Waals surface area contributed by atoms with Crippen LogP contribution in [0.2, 0.25) is 0 Å². The van der Waals surface area contributed by atoms with Crippen molar-refractivity contribution in [2.45, 2.75) is 0 Å². The van der Waals surface area contributed by atoms with Crippen molar-refractivity contribution in [2.75, 3.05) is 0 Å². The molecule has 0 spiro atoms. The van der Waals surface area contributed by atoms with Gasteiger partial charge in [0.1, 0.15) is 0 Å². The number of nitrogens with zero attached hydrogens (tertiary/aromatic N) is 2. The molecular formula is C12H8BN2O4. The van der Waals surface area contributed by atoms with Crippen molar-refractivity contribution in [3.8, 4) is 0 Å². The van der Waals surface area contributed by atoms with Gasteiger partial charge < -0.3 is 19.8 Å². The van der Waals surface area contributed by atoms with E-state index in [1.807, 2.05) is 0 Å². The topological polar surface area (TPSA) is 106 Å². The number of hydrogen-bond donors (Lipinski definition) is 0. The smallest absolute Gasteiger partial charge is 0.543 e. The van der Waals surface area contributed by atoms with Crippen molar-refractivity contribution in [3.63, 3.8) is 0 Å². The zero-order chi connectivity index (χ0) is 13.4. The number of hydrogen-bond acceptors (Lipinski definition) is 6. The molecule has 0 saturated carbocycles. The average molecular weight is 255 g/mol. The van der Waals surface area contributed by atoms with Crippen LogP contribution in [0.5, 0.6) is 0 Å². The fourth-order valence-electron chi connectivity index (χ4n) is 0.967. The number of pyridine rings is 2. The van der Waals surface area contributed by atoms with Crippen molar-refractivity contribution in [2.24, 2.45) is 0 Å². The number of carboxylic acids is 2. The number of aromatic nitrogens is 2. The largest absolute Gasteiger partial charge is 2.00 e. The predicted molar refractivity (Wildman–Crippen MR) is 62.9 cm³/mol. The third-order valence-corrected chi connectivity index (χ3v) is 1.75. The summed E-state index contributed by atoms with van der Waals surface area (Å²) in [6.07, 6.45) is 2.82. The first-order valence-corrected chi connectivity index (χ1v) is 4.86. The van der Waals surface area contributed by atoms with Gasteiger partial charge in [0.15, 0.2) is 0 Å². The molecule has 0 aromatic carbocycles. The monoisotopic (exact) mass is 255 g/mol. The van der Waals surface area contributed by atoms with Gasteiger partial charge in [0.2, 0.25) is 0 Å². The minimum Gasteiger partial charge on any atom is -0.543 e. The standard InChI is InChI=1S/2C6H5NO2.B/c2*8-6(9)5-3-1-2-4-7-5;/h2*1-4H,(H,8,9);/q;;+2/p-2. The molecule has 93 valence electrons. The molecule has 0 aliphatic heterocycles. The zero-order valence-electron chi connectivity index (χ0n) is 9.72. The van der Waals surface area contributed by atoms with Gasteiger partial charge in [-0.05, 0) is 24.3 Å². The number of carbonyl (C=O) groups is 2. The van der Waals surface area contributed by atoms with Crippen LogP contribution in [0, 0.1) is 0 Å². The maximum atomic E-state index is 10.0. The molecule has 0 aliphatic rings. The maximum absolute atomic E-state index is 10.0. The van der Waals surface area contributed by atoms with Gasteiger partial charge in [-0.15, -0.1) is 0 Å². The van der Waals surface area contributed by atoms with Gasteiger partial charge in [-0.2, -0.15) is 0 Å². The van der Waals surface area contributed by atoms with Crippen LogP contribution in [-0.4, -0.2) is 30.3 Å². The second kappa shape index (κ2) is 8.40. The van der Waals surface area contributed by atoms with Crippen LogP contribution in [0.15, 0.2) is 48.8 Å². The van der Waals surface area contributed by atoms with E-state index in [-0.39, 0.29) is 19.8 Å². The molecule has 0 amide bonds. The van der Waals surface area contributed by atoms with E-state index >= 15 is 0 Å². The van der Waals surface area contributed by atoms with Crippen molar-refractivity contribution in [1.29, 1.82) is 0 Å². The second-order valence-electron chi connectivity index (χ2n) is 3.00. The maximum Gasteiger partial charge on any atom is 2.00 e. The zero-order valence-corrected chi connectivity index (χ0v) is 9.72. The Hall–Kier alpha value is -2.70. The van der Waals surface area contributed by atoms with Crippen LogP contribution >= 0.6 is 0 Å². The number of aromatic carboxylic acids is 2. The molecule has 2 aromatic heterocycles. The predicted octanol–water partition coefficient (Wildman–Crippen LogP) is -1.49. The van der Waals surface area contributed by atoms with Gasteiger partial charge in [0, 0.05) is 12.4 Å². The van der Waals surface area contributed by atoms with Gasteiger partial charge in [-0.25, -0.2) is 0 Å². The SMILES string of the molecule is O=C([O-])c1ccccn1.O=C([O-])c1ccccn1.[B+2]. The number of rotatable bonds is 2. The Morgan fingerprint density at radius 3 is 1.32 bits per heavy atom. The van der Waals surface area contributed by atoms with E-state index in [2.05, 4.69) is 9.97 Å². The van der Waals surface area contributed by atoms with Gasteiger partial charge in [-0.3, -0.25) is 9.97 Å². The summed E-state index contributed by atoms with van der Waals surface area (Å²) in [6.45, 7) is 0. The Morgan fingerprint density at radius 2 is 1.16 bits per heavy atom. The van der Waals surface area contributed by atoms with E-state index in [0.717, 1.165) is 0 Å². The molecule has 0 N–H and O–H groups in total. The molecule has 2 rings (SSSR count). The summed E-state index contributed by atoms with van der Waals surface area (Å²) >= 11 is 0. The molecule has 6 nitrogen and oxygen atoms in total. The summed E-state index contributed by atoms with van der Waals surface area (Å²) in [4.78, 5) is 27.1. The Morgan fingerprint density at radius 1 is 0.789 bits per heavy atom. The third kappa shape index (κ3) is 5.97. The van der Waals surface area contributed by atoms with E-state index in [0.29, 0.717) is 0 Å². The van der Waals surface area contributed by atoms with Crippen molar-refractivity contribution in [1.82, 2.24) is 9.97 Å². The first kappa shape index (κ1) is 16.3. The molecule has 0 aliphatic carbocycles. The minimum atomic E-state index is -1.24. The third-order valence-electron chi connectivity index (χ3n) is 1.75. The summed E-state index contributed by atoms with van der Waals surface area (Å²) in [5.41, 5.74) is -0.0602. The Kier molecular flexibility index (Phi) is 7.21. The molecule has 19 heavy (non-hydrogen) atoms. The van der Waals surface area contributed by atoms with E-state index in [1.54, 1.807) is 24.3 Å². The van der Waals surface area contributed by atoms with E-state index in [4.69, 9.17) is 0 Å². The first-order valence-electron chi connectivity index (χ1n) is 4.86. The van der Waals surface area contributed by atoms with Crippen LogP contribution in [0.3, 0.4) is 0 Å². The molecule has 0 bridgehead atoms. The Bertz CT molecular complexity index is 470. The molecule has 0 atom stereocenters. The van der Waals surface area contributed by atoms with Crippen molar-refractivity contribution < 1.29 is 19.8 Å². The molecule has 1 radical (unpaired) electrons. The Balaban J connectivity index is 0.000000324. The summed E-state index contributed by atoms with van der Waals surface area (Å²) in [6, 6.07) is 9.25. The first-order chi connectivity index (χ1) is 8.61. The van der Waals surface area contributed by atoms with E-state index < -0.39 is 11.9 Å². The van der Waals surface area contributed by atoms with Crippen molar-refractivity contribution in [3.05, 3.63) is 60.2 Å². The fraction of sp³-hybridized carbons (Fsp3) is 0. The van der Waals surface area contributed by atoms with Crippen LogP contribution in [0.4, 0.5) is 0 Å². The van der Waals surface area contributed by atoms with Crippen LogP contribution in [0.1, 0.15) is 21.0 Å². The summed E-state index contributed by atoms with van der Waals surface area (Å²) in [5.74, 6) is -2.48. The molecule has 0 saturated heterocycles. The molecular weight excluding hydrogens is 247 g/mol. The number of carboxylic acid groups (broad SMARTS) is 2. The van der Waals surface area contributed by atoms with E-state index in [1.165, 1.54) is 24.5 Å². The molecule has 0 unspecified atom stereocenters. The minimum absolute atomic E-state index is 0. The molecule has 2 heterocycles. The summed E-state index contributed by atoms with van der Waals surface area (Å²) < 4.78 is 0. The van der Waals surface area contributed by atoms with Gasteiger partial charge in [0.25, 0.3) is 0 Å². The number of carbonyl (C=O) groups excluding carboxylic acids is 2. The van der Waals surface area contributed by atoms with Gasteiger partial charge in [-0.1, -0.05) is 12.1 Å². The van der Waals surface area contributed by atoms with Crippen LogP contribution in [-0.2, 0) is 0 Å². The van der Waals surface area contributed by atoms with Gasteiger partial charge >= 0.3 is 8.41 Å². The van der Waals surface area contributed by atoms with Crippen LogP contribution in [0.25, 0.3) is 0 Å². The molecule has 7 heteroatoms. The molecule has 0 fully saturated rings. The Labute approximate surface area is 111 Å². The fourth-order valence-corrected chi connectivity index (χ4v) is 0.967. The summed E-state index contributed by atoms with van der Waals surface area (Å²) in [5, 5.41) is 20.1. The second-order valence-corrected chi connectivity index (χ2v) is 3.00. The van der Waals surface area contributed by atoms with E-state index in [9.17, 15) is 19.8 Å². The summed E-state index contributed by atoms with van der Waals surface area (Å²) in [7, 11) is 0. The average Bonchev–Trinajstić information content (AvgIpc) is 2.41.